The zero-order valence-corrected chi connectivity index (χ0v) is 10.3. The lowest BCUT2D eigenvalue weighted by Crippen LogP contribution is -2.04. The highest BCUT2D eigenvalue weighted by atomic mass is 32.2. The van der Waals surface area contributed by atoms with E-state index in [0.717, 1.165) is 30.8 Å². The van der Waals surface area contributed by atoms with Gasteiger partial charge in [-0.3, -0.25) is 4.79 Å². The van der Waals surface area contributed by atoms with Gasteiger partial charge in [0.2, 0.25) is 5.89 Å². The Labute approximate surface area is 99.2 Å². The highest BCUT2D eigenvalue weighted by molar-refractivity contribution is 7.98. The molecule has 16 heavy (non-hydrogen) atoms. The van der Waals surface area contributed by atoms with Crippen LogP contribution in [0.3, 0.4) is 0 Å². The quantitative estimate of drug-likeness (QED) is 0.740. The van der Waals surface area contributed by atoms with Crippen molar-refractivity contribution in [2.45, 2.75) is 44.3 Å². The summed E-state index contributed by atoms with van der Waals surface area (Å²) in [5, 5.41) is 3.91. The van der Waals surface area contributed by atoms with Gasteiger partial charge in [-0.15, -0.1) is 0 Å². The maximum atomic E-state index is 11.5. The van der Waals surface area contributed by atoms with Crippen LogP contribution < -0.4 is 0 Å². The minimum atomic E-state index is -0.127. The van der Waals surface area contributed by atoms with Crippen molar-refractivity contribution in [2.75, 3.05) is 5.75 Å². The first-order chi connectivity index (χ1) is 7.81. The van der Waals surface area contributed by atoms with E-state index in [1.165, 1.54) is 0 Å². The van der Waals surface area contributed by atoms with Crippen LogP contribution in [0.5, 0.6) is 0 Å². The SMILES string of the molecule is CCCSCc1noc(C2CCCC2=O)n1. The van der Waals surface area contributed by atoms with E-state index in [0.29, 0.717) is 18.1 Å². The first-order valence-corrected chi connectivity index (χ1v) is 6.89. The van der Waals surface area contributed by atoms with Gasteiger partial charge in [-0.2, -0.15) is 16.7 Å². The van der Waals surface area contributed by atoms with Gasteiger partial charge in [-0.25, -0.2) is 0 Å². The Hall–Kier alpha value is -0.840. The summed E-state index contributed by atoms with van der Waals surface area (Å²) in [5.41, 5.74) is 0. The molecule has 1 fully saturated rings. The number of carbonyl (C=O) groups excluding carboxylic acids is 1. The van der Waals surface area contributed by atoms with E-state index in [1.54, 1.807) is 11.8 Å². The number of thioether (sulfide) groups is 1. The summed E-state index contributed by atoms with van der Waals surface area (Å²) >= 11 is 1.79. The molecule has 1 unspecified atom stereocenters. The Morgan fingerprint density at radius 3 is 3.12 bits per heavy atom. The van der Waals surface area contributed by atoms with Crippen molar-refractivity contribution in [3.63, 3.8) is 0 Å². The molecule has 0 amide bonds. The number of nitrogens with zero attached hydrogens (tertiary/aromatic N) is 2. The molecule has 88 valence electrons. The van der Waals surface area contributed by atoms with E-state index in [4.69, 9.17) is 4.52 Å². The molecule has 0 bridgehead atoms. The predicted molar refractivity (Wildman–Crippen MR) is 62.4 cm³/mol. The van der Waals surface area contributed by atoms with Crippen LogP contribution in [-0.4, -0.2) is 21.7 Å². The van der Waals surface area contributed by atoms with E-state index in [2.05, 4.69) is 17.1 Å². The first kappa shape index (κ1) is 11.6. The van der Waals surface area contributed by atoms with Crippen LogP contribution in [0.15, 0.2) is 4.52 Å². The fourth-order valence-electron chi connectivity index (χ4n) is 1.85. The van der Waals surface area contributed by atoms with E-state index >= 15 is 0 Å². The minimum absolute atomic E-state index is 0.127. The van der Waals surface area contributed by atoms with E-state index < -0.39 is 0 Å². The number of ketones is 1. The second-order valence-corrected chi connectivity index (χ2v) is 5.12. The molecule has 1 aromatic rings. The Morgan fingerprint density at radius 1 is 1.56 bits per heavy atom. The summed E-state index contributed by atoms with van der Waals surface area (Å²) < 4.78 is 5.15. The van der Waals surface area contributed by atoms with E-state index in [1.807, 2.05) is 0 Å². The highest BCUT2D eigenvalue weighted by Gasteiger charge is 2.30. The highest BCUT2D eigenvalue weighted by Crippen LogP contribution is 2.30. The van der Waals surface area contributed by atoms with Crippen LogP contribution in [0.1, 0.15) is 50.2 Å². The Kier molecular flexibility index (Phi) is 3.98. The number of rotatable bonds is 5. The lowest BCUT2D eigenvalue weighted by atomic mass is 10.1. The van der Waals surface area contributed by atoms with Gasteiger partial charge < -0.3 is 4.52 Å². The smallest absolute Gasteiger partial charge is 0.237 e. The Balaban J connectivity index is 1.93. The normalized spacial score (nSPS) is 20.6. The van der Waals surface area contributed by atoms with Crippen molar-refractivity contribution in [3.8, 4) is 0 Å². The van der Waals surface area contributed by atoms with Gasteiger partial charge in [-0.1, -0.05) is 12.1 Å². The van der Waals surface area contributed by atoms with Gasteiger partial charge >= 0.3 is 0 Å². The first-order valence-electron chi connectivity index (χ1n) is 5.74. The average molecular weight is 240 g/mol. The maximum Gasteiger partial charge on any atom is 0.237 e. The molecular formula is C11H16N2O2S. The number of hydrogen-bond donors (Lipinski definition) is 0. The molecule has 0 spiro atoms. The Bertz CT molecular complexity index is 365. The topological polar surface area (TPSA) is 56.0 Å². The van der Waals surface area contributed by atoms with Crippen LogP contribution in [0, 0.1) is 0 Å². The van der Waals surface area contributed by atoms with Gasteiger partial charge in [0.15, 0.2) is 5.82 Å². The standard InChI is InChI=1S/C11H16N2O2S/c1-2-6-16-7-10-12-11(15-13-10)8-4-3-5-9(8)14/h8H,2-7H2,1H3. The van der Waals surface area contributed by atoms with Crippen LogP contribution in [0.25, 0.3) is 0 Å². The van der Waals surface area contributed by atoms with Gasteiger partial charge in [0.1, 0.15) is 5.78 Å². The third-order valence-corrected chi connectivity index (χ3v) is 3.83. The molecule has 0 aliphatic heterocycles. The van der Waals surface area contributed by atoms with Crippen LogP contribution in [0.2, 0.25) is 0 Å². The molecule has 1 saturated carbocycles. The maximum absolute atomic E-state index is 11.5. The Morgan fingerprint density at radius 2 is 2.44 bits per heavy atom. The monoisotopic (exact) mass is 240 g/mol. The second kappa shape index (κ2) is 5.48. The van der Waals surface area contributed by atoms with Gasteiger partial charge in [0.05, 0.1) is 11.7 Å². The molecule has 0 saturated heterocycles. The molecule has 0 N–H and O–H groups in total. The van der Waals surface area contributed by atoms with Crippen LogP contribution in [0.4, 0.5) is 0 Å². The molecule has 1 aliphatic rings. The fraction of sp³-hybridized carbons (Fsp3) is 0.727. The summed E-state index contributed by atoms with van der Waals surface area (Å²) in [4.78, 5) is 15.8. The molecule has 2 rings (SSSR count). The lowest BCUT2D eigenvalue weighted by Gasteiger charge is -1.98. The van der Waals surface area contributed by atoms with Crippen molar-refractivity contribution in [3.05, 3.63) is 11.7 Å². The molecule has 1 aliphatic carbocycles. The number of Topliss-reactive ketones (excluding diaryl/α,β-unsaturated/α-hetero) is 1. The fourth-order valence-corrected chi connectivity index (χ4v) is 2.59. The van der Waals surface area contributed by atoms with Gasteiger partial charge in [-0.05, 0) is 25.0 Å². The van der Waals surface area contributed by atoms with Gasteiger partial charge in [0.25, 0.3) is 0 Å². The van der Waals surface area contributed by atoms with Crippen molar-refractivity contribution < 1.29 is 9.32 Å². The summed E-state index contributed by atoms with van der Waals surface area (Å²) in [7, 11) is 0. The molecule has 0 aromatic carbocycles. The van der Waals surface area contributed by atoms with Crippen LogP contribution in [-0.2, 0) is 10.5 Å². The number of aromatic nitrogens is 2. The molecule has 0 radical (unpaired) electrons. The van der Waals surface area contributed by atoms with Gasteiger partial charge in [0, 0.05) is 6.42 Å². The van der Waals surface area contributed by atoms with Crippen molar-refractivity contribution >= 4 is 17.5 Å². The minimum Gasteiger partial charge on any atom is -0.339 e. The number of carbonyl (C=O) groups is 1. The zero-order valence-electron chi connectivity index (χ0n) is 9.44. The second-order valence-electron chi connectivity index (χ2n) is 4.01. The molecule has 4 nitrogen and oxygen atoms in total. The average Bonchev–Trinajstić information content (AvgIpc) is 2.87. The van der Waals surface area contributed by atoms with Crippen molar-refractivity contribution in [2.24, 2.45) is 0 Å². The lowest BCUT2D eigenvalue weighted by molar-refractivity contribution is -0.119. The van der Waals surface area contributed by atoms with Crippen molar-refractivity contribution in [1.82, 2.24) is 10.1 Å². The van der Waals surface area contributed by atoms with E-state index in [9.17, 15) is 4.79 Å². The summed E-state index contributed by atoms with van der Waals surface area (Å²) in [5.74, 6) is 3.24. The largest absolute Gasteiger partial charge is 0.339 e. The molecule has 1 aromatic heterocycles. The summed E-state index contributed by atoms with van der Waals surface area (Å²) in [6.07, 6.45) is 3.62. The number of hydrogen-bond acceptors (Lipinski definition) is 5. The van der Waals surface area contributed by atoms with E-state index in [-0.39, 0.29) is 11.7 Å². The third kappa shape index (κ3) is 2.64. The zero-order chi connectivity index (χ0) is 11.4. The van der Waals surface area contributed by atoms with Crippen molar-refractivity contribution in [1.29, 1.82) is 0 Å². The predicted octanol–water partition coefficient (Wildman–Crippen LogP) is 2.55. The molecular weight excluding hydrogens is 224 g/mol. The summed E-state index contributed by atoms with van der Waals surface area (Å²) in [6, 6.07) is 0. The molecule has 5 heteroatoms. The molecule has 1 atom stereocenters. The summed E-state index contributed by atoms with van der Waals surface area (Å²) in [6.45, 7) is 2.14. The molecule has 1 heterocycles. The van der Waals surface area contributed by atoms with Crippen LogP contribution >= 0.6 is 11.8 Å². The third-order valence-electron chi connectivity index (χ3n) is 2.67.